The molecule has 1 amide bonds. The van der Waals surface area contributed by atoms with Crippen LogP contribution in [0.4, 0.5) is 0 Å². The number of benzene rings is 1. The van der Waals surface area contributed by atoms with Crippen molar-refractivity contribution in [2.24, 2.45) is 5.92 Å². The molecule has 2 nitrogen and oxygen atoms in total. The van der Waals surface area contributed by atoms with Crippen LogP contribution in [0.3, 0.4) is 0 Å². The summed E-state index contributed by atoms with van der Waals surface area (Å²) in [4.78, 5) is 14.4. The third-order valence-electron chi connectivity index (χ3n) is 4.56. The van der Waals surface area contributed by atoms with Gasteiger partial charge in [0.25, 0.3) is 5.91 Å². The molecule has 1 unspecified atom stereocenters. The second-order valence-electron chi connectivity index (χ2n) is 5.92. The first-order valence-electron chi connectivity index (χ1n) is 7.43. The van der Waals surface area contributed by atoms with Crippen molar-refractivity contribution in [2.45, 2.75) is 52.0 Å². The maximum atomic E-state index is 12.5. The molecule has 0 heterocycles. The van der Waals surface area contributed by atoms with Gasteiger partial charge in [-0.2, -0.15) is 0 Å². The van der Waals surface area contributed by atoms with Crippen LogP contribution in [-0.4, -0.2) is 23.9 Å². The van der Waals surface area contributed by atoms with Crippen molar-refractivity contribution in [3.63, 3.8) is 0 Å². The van der Waals surface area contributed by atoms with Gasteiger partial charge in [0.05, 0.1) is 0 Å². The highest BCUT2D eigenvalue weighted by Crippen LogP contribution is 2.28. The number of aryl methyl sites for hydroxylation is 1. The molecule has 0 saturated heterocycles. The maximum Gasteiger partial charge on any atom is 0.253 e. The van der Waals surface area contributed by atoms with Gasteiger partial charge in [-0.3, -0.25) is 4.79 Å². The summed E-state index contributed by atoms with van der Waals surface area (Å²) >= 11 is 0. The van der Waals surface area contributed by atoms with E-state index in [1.54, 1.807) is 0 Å². The monoisotopic (exact) mass is 259 g/mol. The van der Waals surface area contributed by atoms with E-state index < -0.39 is 0 Å². The van der Waals surface area contributed by atoms with Crippen molar-refractivity contribution in [1.29, 1.82) is 0 Å². The number of hydrogen-bond acceptors (Lipinski definition) is 1. The van der Waals surface area contributed by atoms with Gasteiger partial charge in [-0.05, 0) is 44.7 Å². The van der Waals surface area contributed by atoms with Gasteiger partial charge in [-0.15, -0.1) is 0 Å². The lowest BCUT2D eigenvalue weighted by Crippen LogP contribution is -2.40. The predicted octanol–water partition coefficient (Wildman–Crippen LogP) is 4.04. The van der Waals surface area contributed by atoms with Crippen molar-refractivity contribution >= 4 is 5.91 Å². The van der Waals surface area contributed by atoms with E-state index >= 15 is 0 Å². The molecule has 2 heteroatoms. The largest absolute Gasteiger partial charge is 0.339 e. The Balaban J connectivity index is 2.03. The highest BCUT2D eigenvalue weighted by atomic mass is 16.2. The van der Waals surface area contributed by atoms with E-state index in [9.17, 15) is 4.79 Å². The Hall–Kier alpha value is -1.31. The zero-order chi connectivity index (χ0) is 13.8. The van der Waals surface area contributed by atoms with Gasteiger partial charge in [0.15, 0.2) is 0 Å². The Labute approximate surface area is 116 Å². The van der Waals surface area contributed by atoms with Crippen LogP contribution in [0.2, 0.25) is 0 Å². The van der Waals surface area contributed by atoms with Gasteiger partial charge < -0.3 is 4.90 Å². The summed E-state index contributed by atoms with van der Waals surface area (Å²) in [5.74, 6) is 0.825. The highest BCUT2D eigenvalue weighted by Gasteiger charge is 2.26. The molecule has 1 aromatic carbocycles. The lowest BCUT2D eigenvalue weighted by molar-refractivity contribution is 0.0665. The minimum absolute atomic E-state index is 0.151. The number of hydrogen-bond donors (Lipinski definition) is 0. The molecule has 0 N–H and O–H groups in total. The Kier molecular flexibility index (Phi) is 4.62. The van der Waals surface area contributed by atoms with Crippen molar-refractivity contribution in [3.8, 4) is 0 Å². The molecule has 0 bridgehead atoms. The minimum atomic E-state index is 0.151. The number of nitrogens with zero attached hydrogens (tertiary/aromatic N) is 1. The van der Waals surface area contributed by atoms with E-state index in [1.807, 2.05) is 43.1 Å². The van der Waals surface area contributed by atoms with E-state index in [-0.39, 0.29) is 5.91 Å². The summed E-state index contributed by atoms with van der Waals surface area (Å²) in [6.07, 6.45) is 6.54. The second kappa shape index (κ2) is 6.23. The Morgan fingerprint density at radius 3 is 2.32 bits per heavy atom. The van der Waals surface area contributed by atoms with Gasteiger partial charge in [0, 0.05) is 18.7 Å². The van der Waals surface area contributed by atoms with Crippen LogP contribution in [0.5, 0.6) is 0 Å². The van der Waals surface area contributed by atoms with Crippen molar-refractivity contribution in [1.82, 2.24) is 4.90 Å². The fraction of sp³-hybridized carbons (Fsp3) is 0.588. The first-order valence-corrected chi connectivity index (χ1v) is 7.43. The standard InChI is InChI=1S/C17H25NO/c1-13-9-11-16(12-10-13)17(19)18(3)14(2)15-7-5-4-6-8-15/h9-12,14-15H,4-8H2,1-3H3. The molecule has 1 saturated carbocycles. The molecule has 2 rings (SSSR count). The van der Waals surface area contributed by atoms with Crippen LogP contribution in [0.15, 0.2) is 24.3 Å². The SMILES string of the molecule is Cc1ccc(C(=O)N(C)C(C)C2CCCCC2)cc1. The Morgan fingerprint density at radius 2 is 1.74 bits per heavy atom. The van der Waals surface area contributed by atoms with Gasteiger partial charge in [0.2, 0.25) is 0 Å². The topological polar surface area (TPSA) is 20.3 Å². The molecule has 0 aromatic heterocycles. The molecule has 0 spiro atoms. The van der Waals surface area contributed by atoms with Crippen molar-refractivity contribution in [2.75, 3.05) is 7.05 Å². The molecule has 0 aliphatic heterocycles. The quantitative estimate of drug-likeness (QED) is 0.802. The number of rotatable bonds is 3. The van der Waals surface area contributed by atoms with E-state index in [2.05, 4.69) is 6.92 Å². The van der Waals surface area contributed by atoms with Gasteiger partial charge in [-0.25, -0.2) is 0 Å². The lowest BCUT2D eigenvalue weighted by Gasteiger charge is -2.34. The van der Waals surface area contributed by atoms with E-state index in [0.717, 1.165) is 5.56 Å². The van der Waals surface area contributed by atoms with Crippen molar-refractivity contribution < 1.29 is 4.79 Å². The molecule has 1 atom stereocenters. The number of carbonyl (C=O) groups excluding carboxylic acids is 1. The van der Waals surface area contributed by atoms with Gasteiger partial charge >= 0.3 is 0 Å². The second-order valence-corrected chi connectivity index (χ2v) is 5.92. The van der Waals surface area contributed by atoms with Gasteiger partial charge in [0.1, 0.15) is 0 Å². The van der Waals surface area contributed by atoms with Crippen LogP contribution < -0.4 is 0 Å². The summed E-state index contributed by atoms with van der Waals surface area (Å²) < 4.78 is 0. The number of amides is 1. The van der Waals surface area contributed by atoms with Crippen molar-refractivity contribution in [3.05, 3.63) is 35.4 Å². The first-order chi connectivity index (χ1) is 9.09. The molecule has 1 fully saturated rings. The van der Waals surface area contributed by atoms with E-state index in [4.69, 9.17) is 0 Å². The molecule has 1 aromatic rings. The zero-order valence-corrected chi connectivity index (χ0v) is 12.4. The Morgan fingerprint density at radius 1 is 1.16 bits per heavy atom. The van der Waals surface area contributed by atoms with Crippen LogP contribution in [0, 0.1) is 12.8 Å². The minimum Gasteiger partial charge on any atom is -0.339 e. The molecule has 0 radical (unpaired) electrons. The Bertz CT molecular complexity index is 417. The van der Waals surface area contributed by atoms with Crippen LogP contribution in [-0.2, 0) is 0 Å². The third kappa shape index (κ3) is 3.37. The molecule has 1 aliphatic rings. The fourth-order valence-corrected chi connectivity index (χ4v) is 3.02. The molecular formula is C17H25NO. The molecule has 1 aliphatic carbocycles. The smallest absolute Gasteiger partial charge is 0.253 e. The summed E-state index contributed by atoms with van der Waals surface area (Å²) in [6, 6.07) is 8.22. The first kappa shape index (κ1) is 14.1. The van der Waals surface area contributed by atoms with Gasteiger partial charge in [-0.1, -0.05) is 37.0 Å². The number of carbonyl (C=O) groups is 1. The normalized spacial score (nSPS) is 18.1. The summed E-state index contributed by atoms with van der Waals surface area (Å²) in [5.41, 5.74) is 2.00. The zero-order valence-electron chi connectivity index (χ0n) is 12.4. The van der Waals surface area contributed by atoms with E-state index in [0.29, 0.717) is 12.0 Å². The molecule has 19 heavy (non-hydrogen) atoms. The average molecular weight is 259 g/mol. The fourth-order valence-electron chi connectivity index (χ4n) is 3.02. The predicted molar refractivity (Wildman–Crippen MR) is 79.3 cm³/mol. The lowest BCUT2D eigenvalue weighted by atomic mass is 9.84. The molecule has 104 valence electrons. The van der Waals surface area contributed by atoms with Crippen LogP contribution >= 0.6 is 0 Å². The highest BCUT2D eigenvalue weighted by molar-refractivity contribution is 5.94. The molecular weight excluding hydrogens is 234 g/mol. The summed E-state index contributed by atoms with van der Waals surface area (Å²) in [7, 11) is 1.95. The third-order valence-corrected chi connectivity index (χ3v) is 4.56. The summed E-state index contributed by atoms with van der Waals surface area (Å²) in [5, 5.41) is 0. The van der Waals surface area contributed by atoms with Crippen LogP contribution in [0.1, 0.15) is 54.9 Å². The van der Waals surface area contributed by atoms with E-state index in [1.165, 1.54) is 37.7 Å². The summed E-state index contributed by atoms with van der Waals surface area (Å²) in [6.45, 7) is 4.24. The maximum absolute atomic E-state index is 12.5. The van der Waals surface area contributed by atoms with Crippen LogP contribution in [0.25, 0.3) is 0 Å². The average Bonchev–Trinajstić information content (AvgIpc) is 2.46.